The third-order valence-electron chi connectivity index (χ3n) is 11.8. The summed E-state index contributed by atoms with van der Waals surface area (Å²) in [5.74, 6) is 0. The summed E-state index contributed by atoms with van der Waals surface area (Å²) < 4.78 is 2.39. The highest BCUT2D eigenvalue weighted by molar-refractivity contribution is 6.16. The highest BCUT2D eigenvalue weighted by Crippen LogP contribution is 2.43. The molecular formula is C58H40N2. The van der Waals surface area contributed by atoms with Gasteiger partial charge in [0.25, 0.3) is 0 Å². The second-order valence-electron chi connectivity index (χ2n) is 15.3. The monoisotopic (exact) mass is 764 g/mol. The zero-order chi connectivity index (χ0) is 39.8. The Hall–Kier alpha value is -7.94. The predicted molar refractivity (Wildman–Crippen MR) is 255 cm³/mol. The van der Waals surface area contributed by atoms with E-state index in [-0.39, 0.29) is 0 Å². The maximum Gasteiger partial charge on any atom is 0.0547 e. The molecule has 0 aliphatic heterocycles. The average molecular weight is 765 g/mol. The van der Waals surface area contributed by atoms with Crippen LogP contribution in [0.25, 0.3) is 82.8 Å². The van der Waals surface area contributed by atoms with Crippen molar-refractivity contribution in [2.45, 2.75) is 0 Å². The first kappa shape index (κ1) is 35.2. The smallest absolute Gasteiger partial charge is 0.0547 e. The second-order valence-corrected chi connectivity index (χ2v) is 15.3. The van der Waals surface area contributed by atoms with Gasteiger partial charge in [0.05, 0.1) is 11.0 Å². The molecular weight excluding hydrogens is 725 g/mol. The standard InChI is InChI=1S/C58H40N2/c1-3-18-48(19-4-1)59(50-37-35-43(36-38-50)42-29-31-44(32-30-42)46-34-33-41-15-7-8-16-45(41)39-46)51-22-13-17-47(40-51)52-23-9-10-24-53(52)54-26-14-28-57-58(54)55-25-11-12-27-56(55)60(57)49-20-5-2-6-21-49/h1-40H. The summed E-state index contributed by atoms with van der Waals surface area (Å²) in [6.07, 6.45) is 0. The minimum atomic E-state index is 1.10. The predicted octanol–water partition coefficient (Wildman–Crippen LogP) is 16.1. The fourth-order valence-electron chi connectivity index (χ4n) is 8.93. The number of fused-ring (bicyclic) bond motifs is 4. The van der Waals surface area contributed by atoms with E-state index in [1.807, 2.05) is 0 Å². The number of rotatable bonds is 8. The Bertz CT molecular complexity index is 3290. The summed E-state index contributed by atoms with van der Waals surface area (Å²) in [6, 6.07) is 87.8. The molecule has 1 aromatic heterocycles. The van der Waals surface area contributed by atoms with Crippen molar-refractivity contribution in [1.29, 1.82) is 0 Å². The first-order valence-corrected chi connectivity index (χ1v) is 20.6. The van der Waals surface area contributed by atoms with E-state index < -0.39 is 0 Å². The summed E-state index contributed by atoms with van der Waals surface area (Å²) in [7, 11) is 0. The first-order chi connectivity index (χ1) is 29.8. The summed E-state index contributed by atoms with van der Waals surface area (Å²) in [5.41, 5.74) is 16.5. The Morgan fingerprint density at radius 2 is 0.817 bits per heavy atom. The molecule has 0 atom stereocenters. The van der Waals surface area contributed by atoms with Gasteiger partial charge in [-0.05, 0) is 122 Å². The molecule has 11 aromatic rings. The van der Waals surface area contributed by atoms with Gasteiger partial charge in [0.1, 0.15) is 0 Å². The lowest BCUT2D eigenvalue weighted by Gasteiger charge is -2.26. The van der Waals surface area contributed by atoms with Gasteiger partial charge in [0.15, 0.2) is 0 Å². The van der Waals surface area contributed by atoms with Gasteiger partial charge in [-0.2, -0.15) is 0 Å². The average Bonchev–Trinajstić information content (AvgIpc) is 3.67. The molecule has 60 heavy (non-hydrogen) atoms. The molecule has 0 aliphatic rings. The van der Waals surface area contributed by atoms with E-state index in [0.29, 0.717) is 0 Å². The van der Waals surface area contributed by atoms with Crippen LogP contribution in [0.15, 0.2) is 243 Å². The van der Waals surface area contributed by atoms with Crippen LogP contribution in [0, 0.1) is 0 Å². The van der Waals surface area contributed by atoms with E-state index in [0.717, 1.165) is 28.3 Å². The molecule has 0 amide bonds. The SMILES string of the molecule is c1ccc(N(c2ccc(-c3ccc(-c4ccc5ccccc5c4)cc3)cc2)c2cccc(-c3ccccc3-c3cccc4c3c3ccccc3n4-c3ccccc3)c2)cc1. The highest BCUT2D eigenvalue weighted by atomic mass is 15.1. The molecule has 0 fully saturated rings. The van der Waals surface area contributed by atoms with Crippen LogP contribution in [-0.4, -0.2) is 4.57 Å². The number of benzene rings is 10. The minimum Gasteiger partial charge on any atom is -0.310 e. The van der Waals surface area contributed by atoms with Gasteiger partial charge in [-0.3, -0.25) is 0 Å². The Morgan fingerprint density at radius 1 is 0.283 bits per heavy atom. The van der Waals surface area contributed by atoms with Gasteiger partial charge in [0.2, 0.25) is 0 Å². The third-order valence-corrected chi connectivity index (χ3v) is 11.8. The zero-order valence-corrected chi connectivity index (χ0v) is 33.0. The number of aromatic nitrogens is 1. The molecule has 0 saturated carbocycles. The highest BCUT2D eigenvalue weighted by Gasteiger charge is 2.19. The van der Waals surface area contributed by atoms with Crippen molar-refractivity contribution in [2.75, 3.05) is 4.90 Å². The first-order valence-electron chi connectivity index (χ1n) is 20.6. The van der Waals surface area contributed by atoms with Crippen LogP contribution in [0.2, 0.25) is 0 Å². The largest absolute Gasteiger partial charge is 0.310 e. The van der Waals surface area contributed by atoms with Gasteiger partial charge in [-0.15, -0.1) is 0 Å². The zero-order valence-electron chi connectivity index (χ0n) is 33.0. The van der Waals surface area contributed by atoms with Gasteiger partial charge < -0.3 is 9.47 Å². The molecule has 282 valence electrons. The van der Waals surface area contributed by atoms with Crippen molar-refractivity contribution in [3.05, 3.63) is 243 Å². The van der Waals surface area contributed by atoms with Gasteiger partial charge in [-0.25, -0.2) is 0 Å². The van der Waals surface area contributed by atoms with Crippen molar-refractivity contribution < 1.29 is 0 Å². The van der Waals surface area contributed by atoms with Crippen LogP contribution in [0.3, 0.4) is 0 Å². The number of para-hydroxylation sites is 3. The Kier molecular flexibility index (Phi) is 8.87. The van der Waals surface area contributed by atoms with Crippen molar-refractivity contribution in [3.8, 4) is 50.2 Å². The molecule has 0 N–H and O–H groups in total. The lowest BCUT2D eigenvalue weighted by atomic mass is 9.91. The molecule has 0 bridgehead atoms. The summed E-state index contributed by atoms with van der Waals surface area (Å²) in [5, 5.41) is 5.02. The van der Waals surface area contributed by atoms with Crippen LogP contribution < -0.4 is 4.90 Å². The summed E-state index contributed by atoms with van der Waals surface area (Å²) >= 11 is 0. The third kappa shape index (κ3) is 6.32. The van der Waals surface area contributed by atoms with Crippen molar-refractivity contribution in [1.82, 2.24) is 4.57 Å². The Balaban J connectivity index is 0.964. The maximum atomic E-state index is 2.39. The lowest BCUT2D eigenvalue weighted by molar-refractivity contribution is 1.18. The summed E-state index contributed by atoms with van der Waals surface area (Å²) in [6.45, 7) is 0. The fraction of sp³-hybridized carbons (Fsp3) is 0. The molecule has 0 unspecified atom stereocenters. The van der Waals surface area contributed by atoms with Crippen molar-refractivity contribution in [3.63, 3.8) is 0 Å². The molecule has 2 heteroatoms. The number of hydrogen-bond acceptors (Lipinski definition) is 1. The van der Waals surface area contributed by atoms with E-state index in [9.17, 15) is 0 Å². The van der Waals surface area contributed by atoms with Gasteiger partial charge >= 0.3 is 0 Å². The Labute approximate surface area is 350 Å². The van der Waals surface area contributed by atoms with E-state index >= 15 is 0 Å². The second kappa shape index (κ2) is 15.1. The molecule has 0 aliphatic carbocycles. The topological polar surface area (TPSA) is 8.17 Å². The van der Waals surface area contributed by atoms with Crippen molar-refractivity contribution in [2.24, 2.45) is 0 Å². The van der Waals surface area contributed by atoms with Crippen LogP contribution >= 0.6 is 0 Å². The Morgan fingerprint density at radius 3 is 1.60 bits per heavy atom. The quantitative estimate of drug-likeness (QED) is 0.150. The van der Waals surface area contributed by atoms with E-state index in [1.54, 1.807) is 0 Å². The molecule has 0 spiro atoms. The van der Waals surface area contributed by atoms with E-state index in [4.69, 9.17) is 0 Å². The molecule has 1 heterocycles. The lowest BCUT2D eigenvalue weighted by Crippen LogP contribution is -2.09. The van der Waals surface area contributed by atoms with Crippen LogP contribution in [0.1, 0.15) is 0 Å². The molecule has 11 rings (SSSR count). The minimum absolute atomic E-state index is 1.10. The maximum absolute atomic E-state index is 2.39. The number of anilines is 3. The molecule has 2 nitrogen and oxygen atoms in total. The van der Waals surface area contributed by atoms with E-state index in [2.05, 4.69) is 252 Å². The van der Waals surface area contributed by atoms with Gasteiger partial charge in [-0.1, -0.05) is 176 Å². The number of hydrogen-bond donors (Lipinski definition) is 0. The van der Waals surface area contributed by atoms with Gasteiger partial charge in [0, 0.05) is 33.5 Å². The van der Waals surface area contributed by atoms with Crippen LogP contribution in [0.5, 0.6) is 0 Å². The van der Waals surface area contributed by atoms with Crippen LogP contribution in [-0.2, 0) is 0 Å². The normalized spacial score (nSPS) is 11.3. The fourth-order valence-corrected chi connectivity index (χ4v) is 8.93. The van der Waals surface area contributed by atoms with E-state index in [1.165, 1.54) is 71.5 Å². The van der Waals surface area contributed by atoms with Crippen LogP contribution in [0.4, 0.5) is 17.1 Å². The molecule has 0 saturated heterocycles. The molecule has 0 radical (unpaired) electrons. The van der Waals surface area contributed by atoms with Crippen molar-refractivity contribution >= 4 is 49.6 Å². The number of nitrogens with zero attached hydrogens (tertiary/aromatic N) is 2. The molecule has 10 aromatic carbocycles. The summed E-state index contributed by atoms with van der Waals surface area (Å²) in [4.78, 5) is 2.35.